The van der Waals surface area contributed by atoms with Crippen LogP contribution in [-0.2, 0) is 22.5 Å². The highest BCUT2D eigenvalue weighted by Crippen LogP contribution is 2.43. The maximum Gasteiger partial charge on any atom is 0.410 e. The quantitative estimate of drug-likeness (QED) is 0.542. The minimum atomic E-state index is -0.533. The molecule has 1 aromatic carbocycles. The van der Waals surface area contributed by atoms with Gasteiger partial charge in [0.25, 0.3) is 0 Å². The highest BCUT2D eigenvalue weighted by atomic mass is 35.5. The van der Waals surface area contributed by atoms with Crippen LogP contribution in [0.1, 0.15) is 57.8 Å². The number of piperidine rings is 1. The van der Waals surface area contributed by atoms with Gasteiger partial charge in [-0.3, -0.25) is 9.48 Å². The van der Waals surface area contributed by atoms with Crippen LogP contribution in [0.4, 0.5) is 26.4 Å². The molecule has 2 amide bonds. The van der Waals surface area contributed by atoms with Crippen LogP contribution in [0.5, 0.6) is 0 Å². The Balaban J connectivity index is 1.48. The first-order valence-corrected chi connectivity index (χ1v) is 13.6. The van der Waals surface area contributed by atoms with Gasteiger partial charge in [-0.2, -0.15) is 5.10 Å². The monoisotopic (exact) mass is 546 g/mol. The Morgan fingerprint density at radius 2 is 1.76 bits per heavy atom. The molecule has 0 unspecified atom stereocenters. The van der Waals surface area contributed by atoms with Crippen LogP contribution < -0.4 is 9.80 Å². The highest BCUT2D eigenvalue weighted by Gasteiger charge is 2.35. The van der Waals surface area contributed by atoms with E-state index >= 15 is 0 Å². The standard InChI is InChI=1S/C27H36ClFN6O3/c1-17(36)33-11-8-22-19(16-33)25(34-13-12-31(5)23-14-20(28)21(29)15-24(23)34)30-35(22)18-6-9-32(10-7-18)26(37)38-27(2,3)4/h14-15,18H,6-13,16H2,1-5H3. The average molecular weight is 547 g/mol. The first kappa shape index (κ1) is 26.6. The Hall–Kier alpha value is -3.01. The molecule has 2 aromatic rings. The van der Waals surface area contributed by atoms with Crippen molar-refractivity contribution in [1.82, 2.24) is 19.6 Å². The topological polar surface area (TPSA) is 74.2 Å². The normalized spacial score (nSPS) is 18.4. The van der Waals surface area contributed by atoms with Crippen molar-refractivity contribution in [3.8, 4) is 0 Å². The molecule has 206 valence electrons. The number of ether oxygens (including phenoxy) is 1. The fourth-order valence-corrected chi connectivity index (χ4v) is 5.75. The van der Waals surface area contributed by atoms with Gasteiger partial charge in [0.15, 0.2) is 5.82 Å². The van der Waals surface area contributed by atoms with Gasteiger partial charge in [-0.25, -0.2) is 9.18 Å². The van der Waals surface area contributed by atoms with Crippen molar-refractivity contribution in [1.29, 1.82) is 0 Å². The zero-order chi connectivity index (χ0) is 27.4. The molecule has 1 fully saturated rings. The van der Waals surface area contributed by atoms with E-state index in [4.69, 9.17) is 21.4 Å². The lowest BCUT2D eigenvalue weighted by Gasteiger charge is -2.37. The second-order valence-electron chi connectivity index (χ2n) is 11.4. The Morgan fingerprint density at radius 3 is 2.42 bits per heavy atom. The number of rotatable bonds is 2. The molecule has 3 aliphatic heterocycles. The molecule has 11 heteroatoms. The maximum atomic E-state index is 14.6. The van der Waals surface area contributed by atoms with E-state index in [9.17, 15) is 14.0 Å². The van der Waals surface area contributed by atoms with Crippen LogP contribution in [0.3, 0.4) is 0 Å². The van der Waals surface area contributed by atoms with E-state index in [1.807, 2.05) is 32.7 Å². The molecule has 3 aliphatic rings. The minimum Gasteiger partial charge on any atom is -0.444 e. The number of nitrogens with zero attached hydrogens (tertiary/aromatic N) is 6. The molecule has 9 nitrogen and oxygen atoms in total. The van der Waals surface area contributed by atoms with Gasteiger partial charge in [-0.1, -0.05) is 11.6 Å². The molecule has 0 N–H and O–H groups in total. The summed E-state index contributed by atoms with van der Waals surface area (Å²) in [7, 11) is 1.97. The van der Waals surface area contributed by atoms with Crippen molar-refractivity contribution < 1.29 is 18.7 Å². The predicted octanol–water partition coefficient (Wildman–Crippen LogP) is 4.74. The van der Waals surface area contributed by atoms with E-state index in [1.54, 1.807) is 17.9 Å². The molecule has 0 saturated carbocycles. The van der Waals surface area contributed by atoms with E-state index in [1.165, 1.54) is 6.07 Å². The first-order valence-electron chi connectivity index (χ1n) is 13.2. The van der Waals surface area contributed by atoms with Crippen molar-refractivity contribution >= 4 is 40.8 Å². The van der Waals surface area contributed by atoms with Crippen LogP contribution >= 0.6 is 11.6 Å². The van der Waals surface area contributed by atoms with Gasteiger partial charge < -0.3 is 24.3 Å². The lowest BCUT2D eigenvalue weighted by atomic mass is 10.0. The first-order chi connectivity index (χ1) is 17.9. The SMILES string of the molecule is CC(=O)N1CCc2c(c(N3CCN(C)c4cc(Cl)c(F)cc43)nn2C2CCN(C(=O)OC(C)(C)C)CC2)C1. The summed E-state index contributed by atoms with van der Waals surface area (Å²) in [5.74, 6) is 0.312. The highest BCUT2D eigenvalue weighted by molar-refractivity contribution is 6.31. The van der Waals surface area contributed by atoms with Crippen molar-refractivity contribution in [2.75, 3.05) is 49.6 Å². The summed E-state index contributed by atoms with van der Waals surface area (Å²) in [5, 5.41) is 5.22. The zero-order valence-electron chi connectivity index (χ0n) is 22.8. The summed E-state index contributed by atoms with van der Waals surface area (Å²) < 4.78 is 22.3. The Kier molecular flexibility index (Phi) is 6.96. The van der Waals surface area contributed by atoms with E-state index in [-0.39, 0.29) is 23.1 Å². The molecule has 0 atom stereocenters. The van der Waals surface area contributed by atoms with Crippen LogP contribution in [0.15, 0.2) is 12.1 Å². The molecule has 0 aliphatic carbocycles. The molecule has 1 aromatic heterocycles. The molecule has 0 radical (unpaired) electrons. The van der Waals surface area contributed by atoms with E-state index in [0.29, 0.717) is 44.8 Å². The van der Waals surface area contributed by atoms with Gasteiger partial charge in [-0.05, 0) is 39.7 Å². The van der Waals surface area contributed by atoms with Gasteiger partial charge in [-0.15, -0.1) is 0 Å². The number of carbonyl (C=O) groups excluding carboxylic acids is 2. The molecular formula is C27H36ClFN6O3. The Bertz CT molecular complexity index is 1250. The predicted molar refractivity (Wildman–Crippen MR) is 145 cm³/mol. The lowest BCUT2D eigenvalue weighted by Crippen LogP contribution is -2.42. The number of likely N-dealkylation sites (tertiary alicyclic amines) is 1. The number of fused-ring (bicyclic) bond motifs is 2. The van der Waals surface area contributed by atoms with E-state index < -0.39 is 11.4 Å². The number of hydrogen-bond donors (Lipinski definition) is 0. The Morgan fingerprint density at radius 1 is 1.05 bits per heavy atom. The van der Waals surface area contributed by atoms with Crippen LogP contribution in [0.2, 0.25) is 5.02 Å². The fraction of sp³-hybridized carbons (Fsp3) is 0.593. The molecule has 0 spiro atoms. The van der Waals surface area contributed by atoms with E-state index in [2.05, 4.69) is 14.5 Å². The van der Waals surface area contributed by atoms with Gasteiger partial charge >= 0.3 is 6.09 Å². The van der Waals surface area contributed by atoms with Crippen LogP contribution in [0.25, 0.3) is 0 Å². The molecular weight excluding hydrogens is 511 g/mol. The number of hydrogen-bond acceptors (Lipinski definition) is 6. The third-order valence-electron chi connectivity index (χ3n) is 7.61. The lowest BCUT2D eigenvalue weighted by molar-refractivity contribution is -0.129. The zero-order valence-corrected chi connectivity index (χ0v) is 23.5. The Labute approximate surface area is 228 Å². The molecule has 4 heterocycles. The summed E-state index contributed by atoms with van der Waals surface area (Å²) in [6.07, 6.45) is 1.93. The number of anilines is 3. The number of benzene rings is 1. The van der Waals surface area contributed by atoms with Gasteiger partial charge in [0.2, 0.25) is 5.91 Å². The summed E-state index contributed by atoms with van der Waals surface area (Å²) in [6.45, 7) is 10.8. The number of amides is 2. The molecule has 0 bridgehead atoms. The fourth-order valence-electron chi connectivity index (χ4n) is 5.59. The summed E-state index contributed by atoms with van der Waals surface area (Å²) in [4.78, 5) is 32.6. The average Bonchev–Trinajstić information content (AvgIpc) is 3.23. The summed E-state index contributed by atoms with van der Waals surface area (Å²) >= 11 is 6.13. The molecule has 38 heavy (non-hydrogen) atoms. The molecule has 1 saturated heterocycles. The second kappa shape index (κ2) is 9.94. The van der Waals surface area contributed by atoms with Gasteiger partial charge in [0.1, 0.15) is 11.4 Å². The minimum absolute atomic E-state index is 0.0247. The number of likely N-dealkylation sites (N-methyl/N-ethyl adjacent to an activating group) is 1. The maximum absolute atomic E-state index is 14.6. The third kappa shape index (κ3) is 5.02. The summed E-state index contributed by atoms with van der Waals surface area (Å²) in [6, 6.07) is 3.26. The van der Waals surface area contributed by atoms with E-state index in [0.717, 1.165) is 42.1 Å². The van der Waals surface area contributed by atoms with Crippen molar-refractivity contribution in [3.05, 3.63) is 34.2 Å². The summed E-state index contributed by atoms with van der Waals surface area (Å²) in [5.41, 5.74) is 3.15. The van der Waals surface area contributed by atoms with Crippen molar-refractivity contribution in [2.24, 2.45) is 0 Å². The van der Waals surface area contributed by atoms with Gasteiger partial charge in [0, 0.05) is 70.4 Å². The van der Waals surface area contributed by atoms with Crippen LogP contribution in [-0.4, -0.2) is 77.0 Å². The molecule has 5 rings (SSSR count). The number of aromatic nitrogens is 2. The van der Waals surface area contributed by atoms with Crippen molar-refractivity contribution in [3.63, 3.8) is 0 Å². The largest absolute Gasteiger partial charge is 0.444 e. The van der Waals surface area contributed by atoms with Crippen molar-refractivity contribution in [2.45, 2.75) is 65.1 Å². The second-order valence-corrected chi connectivity index (χ2v) is 11.8. The number of halogens is 2. The van der Waals surface area contributed by atoms with Gasteiger partial charge in [0.05, 0.1) is 29.0 Å². The number of carbonyl (C=O) groups is 2. The van der Waals surface area contributed by atoms with Crippen LogP contribution in [0, 0.1) is 5.82 Å². The third-order valence-corrected chi connectivity index (χ3v) is 7.90. The smallest absolute Gasteiger partial charge is 0.410 e.